The molecule has 76 valence electrons. The van der Waals surface area contributed by atoms with E-state index in [-0.39, 0.29) is 6.10 Å². The summed E-state index contributed by atoms with van der Waals surface area (Å²) in [7, 11) is 0. The molecule has 1 aliphatic rings. The van der Waals surface area contributed by atoms with Gasteiger partial charge in [-0.2, -0.15) is 0 Å². The Bertz CT molecular complexity index is 184. The van der Waals surface area contributed by atoms with E-state index >= 15 is 0 Å². The van der Waals surface area contributed by atoms with Crippen LogP contribution in [-0.2, 0) is 0 Å². The van der Waals surface area contributed by atoms with Gasteiger partial charge in [0.2, 0.25) is 0 Å². The lowest BCUT2D eigenvalue weighted by atomic mass is 9.98. The fraction of sp³-hybridized carbons (Fsp3) is 0.889. The van der Waals surface area contributed by atoms with Crippen LogP contribution in [0.2, 0.25) is 0 Å². The molecule has 0 amide bonds. The lowest BCUT2D eigenvalue weighted by Crippen LogP contribution is -2.43. The maximum Gasteiger partial charge on any atom is 0.0771 e. The number of hydrogen-bond donors (Lipinski definition) is 2. The van der Waals surface area contributed by atoms with Crippen LogP contribution in [0.3, 0.4) is 0 Å². The number of aliphatic hydroxyl groups is 1. The molecule has 0 bridgehead atoms. The predicted octanol–water partition coefficient (Wildman–Crippen LogP) is 0.365. The molecule has 1 rings (SSSR count). The van der Waals surface area contributed by atoms with Crippen LogP contribution in [0.25, 0.3) is 0 Å². The topological polar surface area (TPSA) is 49.5 Å². The minimum Gasteiger partial charge on any atom is -0.393 e. The first-order chi connectivity index (χ1) is 6.09. The second-order valence-corrected chi connectivity index (χ2v) is 4.32. The zero-order valence-corrected chi connectivity index (χ0v) is 8.89. The molecular weight excluding hydrogens is 184 g/mol. The minimum absolute atomic E-state index is 0.259. The number of thiocarbonyl (C=S) groups is 1. The summed E-state index contributed by atoms with van der Waals surface area (Å²) in [4.78, 5) is 2.85. The van der Waals surface area contributed by atoms with Gasteiger partial charge in [-0.15, -0.1) is 0 Å². The van der Waals surface area contributed by atoms with Crippen molar-refractivity contribution in [1.29, 1.82) is 0 Å². The van der Waals surface area contributed by atoms with Crippen LogP contribution in [-0.4, -0.2) is 40.7 Å². The summed E-state index contributed by atoms with van der Waals surface area (Å²) in [6, 6.07) is 0. The van der Waals surface area contributed by atoms with Gasteiger partial charge in [-0.1, -0.05) is 12.2 Å². The van der Waals surface area contributed by atoms with Crippen LogP contribution in [0, 0.1) is 5.92 Å². The van der Waals surface area contributed by atoms with E-state index in [0.29, 0.717) is 10.9 Å². The average molecular weight is 202 g/mol. The Morgan fingerprint density at radius 2 is 2.46 bits per heavy atom. The van der Waals surface area contributed by atoms with Crippen LogP contribution in [0.1, 0.15) is 19.8 Å². The number of rotatable bonds is 3. The van der Waals surface area contributed by atoms with Crippen LogP contribution in [0.15, 0.2) is 0 Å². The molecule has 0 saturated carbocycles. The summed E-state index contributed by atoms with van der Waals surface area (Å²) in [5.41, 5.74) is 5.60. The van der Waals surface area contributed by atoms with Gasteiger partial charge in [-0.25, -0.2) is 0 Å². The quantitative estimate of drug-likeness (QED) is 0.649. The smallest absolute Gasteiger partial charge is 0.0771 e. The van der Waals surface area contributed by atoms with E-state index in [1.807, 2.05) is 6.92 Å². The molecule has 0 aromatic rings. The number of β-amino-alcohol motifs (C(OH)–C–C–N with tert-alkyl or cyclic N) is 1. The van der Waals surface area contributed by atoms with Gasteiger partial charge in [0.15, 0.2) is 0 Å². The molecule has 0 aromatic carbocycles. The molecule has 3 N–H and O–H groups in total. The van der Waals surface area contributed by atoms with E-state index in [2.05, 4.69) is 4.90 Å². The monoisotopic (exact) mass is 202 g/mol. The largest absolute Gasteiger partial charge is 0.393 e. The van der Waals surface area contributed by atoms with E-state index in [1.165, 1.54) is 0 Å². The molecule has 4 heteroatoms. The highest BCUT2D eigenvalue weighted by atomic mass is 32.1. The average Bonchev–Trinajstić information content (AvgIpc) is 2.03. The molecular formula is C9H18N2OS. The second kappa shape index (κ2) is 4.88. The maximum atomic E-state index is 9.22. The Kier molecular flexibility index (Phi) is 4.09. The van der Waals surface area contributed by atoms with E-state index in [9.17, 15) is 5.11 Å². The van der Waals surface area contributed by atoms with Crippen molar-refractivity contribution in [2.24, 2.45) is 11.7 Å². The van der Waals surface area contributed by atoms with E-state index in [0.717, 1.165) is 32.5 Å². The van der Waals surface area contributed by atoms with E-state index in [4.69, 9.17) is 18.0 Å². The molecule has 3 nitrogen and oxygen atoms in total. The van der Waals surface area contributed by atoms with Crippen molar-refractivity contribution in [2.75, 3.05) is 19.6 Å². The Morgan fingerprint density at radius 1 is 1.77 bits per heavy atom. The molecule has 1 saturated heterocycles. The van der Waals surface area contributed by atoms with Crippen LogP contribution >= 0.6 is 12.2 Å². The Labute approximate surface area is 84.9 Å². The van der Waals surface area contributed by atoms with Gasteiger partial charge in [0, 0.05) is 19.0 Å². The first-order valence-electron chi connectivity index (χ1n) is 4.79. The van der Waals surface area contributed by atoms with E-state index in [1.54, 1.807) is 0 Å². The number of hydrogen-bond acceptors (Lipinski definition) is 3. The van der Waals surface area contributed by atoms with Crippen LogP contribution in [0.4, 0.5) is 0 Å². The Balaban J connectivity index is 2.37. The molecule has 0 radical (unpaired) electrons. The number of piperidine rings is 1. The van der Waals surface area contributed by atoms with Gasteiger partial charge in [-0.05, 0) is 26.3 Å². The first-order valence-corrected chi connectivity index (χ1v) is 5.20. The third-order valence-corrected chi connectivity index (χ3v) is 2.76. The van der Waals surface area contributed by atoms with Gasteiger partial charge in [0.05, 0.1) is 11.1 Å². The van der Waals surface area contributed by atoms with Crippen LogP contribution < -0.4 is 5.73 Å². The highest BCUT2D eigenvalue weighted by Gasteiger charge is 2.22. The predicted molar refractivity (Wildman–Crippen MR) is 57.6 cm³/mol. The second-order valence-electron chi connectivity index (χ2n) is 3.85. The van der Waals surface area contributed by atoms with E-state index < -0.39 is 0 Å². The van der Waals surface area contributed by atoms with Crippen molar-refractivity contribution in [2.45, 2.75) is 25.9 Å². The molecule has 13 heavy (non-hydrogen) atoms. The Hall–Kier alpha value is -0.190. The minimum atomic E-state index is -0.259. The number of aliphatic hydroxyl groups excluding tert-OH is 1. The van der Waals surface area contributed by atoms with Gasteiger partial charge in [-0.3, -0.25) is 0 Å². The van der Waals surface area contributed by atoms with Crippen molar-refractivity contribution in [3.63, 3.8) is 0 Å². The summed E-state index contributed by atoms with van der Waals surface area (Å²) >= 11 is 4.97. The third-order valence-electron chi connectivity index (χ3n) is 2.43. The van der Waals surface area contributed by atoms with Crippen LogP contribution in [0.5, 0.6) is 0 Å². The lowest BCUT2D eigenvalue weighted by molar-refractivity contribution is 0.106. The SMILES string of the molecule is CC(O)CN1CCCC(C(N)=S)C1. The fourth-order valence-corrected chi connectivity index (χ4v) is 2.02. The summed E-state index contributed by atoms with van der Waals surface area (Å²) in [6.07, 6.45) is 1.98. The summed E-state index contributed by atoms with van der Waals surface area (Å²) in [6.45, 7) is 4.52. The zero-order chi connectivity index (χ0) is 9.84. The van der Waals surface area contributed by atoms with Crippen molar-refractivity contribution < 1.29 is 5.11 Å². The number of nitrogens with zero attached hydrogens (tertiary/aromatic N) is 1. The summed E-state index contributed by atoms with van der Waals surface area (Å²) in [5.74, 6) is 0.350. The summed E-state index contributed by atoms with van der Waals surface area (Å²) < 4.78 is 0. The molecule has 0 spiro atoms. The normalized spacial score (nSPS) is 27.1. The molecule has 1 aliphatic heterocycles. The van der Waals surface area contributed by atoms with Crippen molar-refractivity contribution >= 4 is 17.2 Å². The fourth-order valence-electron chi connectivity index (χ4n) is 1.83. The standard InChI is InChI=1S/C9H18N2OS/c1-7(12)5-11-4-2-3-8(6-11)9(10)13/h7-8,12H,2-6H2,1H3,(H2,10,13). The first kappa shape index (κ1) is 10.9. The van der Waals surface area contributed by atoms with Gasteiger partial charge in [0.1, 0.15) is 0 Å². The third kappa shape index (κ3) is 3.58. The molecule has 1 heterocycles. The van der Waals surface area contributed by atoms with Gasteiger partial charge in [0.25, 0.3) is 0 Å². The Morgan fingerprint density at radius 3 is 3.00 bits per heavy atom. The molecule has 2 unspecified atom stereocenters. The lowest BCUT2D eigenvalue weighted by Gasteiger charge is -2.32. The molecule has 0 aliphatic carbocycles. The molecule has 0 aromatic heterocycles. The molecule has 1 fully saturated rings. The van der Waals surface area contributed by atoms with Gasteiger partial charge >= 0.3 is 0 Å². The summed E-state index contributed by atoms with van der Waals surface area (Å²) in [5, 5.41) is 9.22. The number of likely N-dealkylation sites (tertiary alicyclic amines) is 1. The highest BCUT2D eigenvalue weighted by molar-refractivity contribution is 7.80. The maximum absolute atomic E-state index is 9.22. The number of nitrogens with two attached hydrogens (primary N) is 1. The van der Waals surface area contributed by atoms with Crippen molar-refractivity contribution in [3.8, 4) is 0 Å². The van der Waals surface area contributed by atoms with Crippen molar-refractivity contribution in [1.82, 2.24) is 4.90 Å². The molecule has 2 atom stereocenters. The highest BCUT2D eigenvalue weighted by Crippen LogP contribution is 2.16. The van der Waals surface area contributed by atoms with Crippen molar-refractivity contribution in [3.05, 3.63) is 0 Å². The van der Waals surface area contributed by atoms with Gasteiger partial charge < -0.3 is 15.7 Å². The zero-order valence-electron chi connectivity index (χ0n) is 8.07.